The van der Waals surface area contributed by atoms with E-state index in [1.165, 1.54) is 22.9 Å². The molecule has 1 saturated heterocycles. The Morgan fingerprint density at radius 3 is 3.05 bits per heavy atom. The third kappa shape index (κ3) is 2.02. The van der Waals surface area contributed by atoms with Gasteiger partial charge in [-0.25, -0.2) is 0 Å². The molecule has 102 valence electrons. The third-order valence-corrected chi connectivity index (χ3v) is 4.22. The number of aromatic amines is 1. The summed E-state index contributed by atoms with van der Waals surface area (Å²) in [6.45, 7) is 3.42. The zero-order valence-electron chi connectivity index (χ0n) is 11.3. The van der Waals surface area contributed by atoms with E-state index in [0.717, 1.165) is 31.1 Å². The number of hydrogen-bond acceptors (Lipinski definition) is 2. The first-order valence-corrected chi connectivity index (χ1v) is 7.19. The first kappa shape index (κ1) is 11.7. The number of fused-ring (bicyclic) bond motifs is 1. The van der Waals surface area contributed by atoms with Gasteiger partial charge in [-0.15, -0.1) is 0 Å². The van der Waals surface area contributed by atoms with Crippen molar-refractivity contribution in [1.82, 2.24) is 20.1 Å². The molecular formula is C16H18N4. The van der Waals surface area contributed by atoms with Crippen LogP contribution in [-0.2, 0) is 6.54 Å². The lowest BCUT2D eigenvalue weighted by Crippen LogP contribution is -2.13. The Hall–Kier alpha value is -2.07. The van der Waals surface area contributed by atoms with Crippen LogP contribution in [0, 0.1) is 5.92 Å². The van der Waals surface area contributed by atoms with E-state index in [9.17, 15) is 0 Å². The Morgan fingerprint density at radius 2 is 2.25 bits per heavy atom. The topological polar surface area (TPSA) is 45.6 Å². The molecule has 0 radical (unpaired) electrons. The molecule has 1 aliphatic heterocycles. The molecule has 2 N–H and O–H groups in total. The van der Waals surface area contributed by atoms with E-state index in [0.29, 0.717) is 0 Å². The summed E-state index contributed by atoms with van der Waals surface area (Å²) in [5.41, 5.74) is 3.68. The average Bonchev–Trinajstić information content (AvgIpc) is 3.20. The molecular weight excluding hydrogens is 248 g/mol. The highest BCUT2D eigenvalue weighted by molar-refractivity contribution is 5.85. The molecule has 0 saturated carbocycles. The van der Waals surface area contributed by atoms with Gasteiger partial charge >= 0.3 is 0 Å². The predicted molar refractivity (Wildman–Crippen MR) is 80.5 cm³/mol. The lowest BCUT2D eigenvalue weighted by atomic mass is 10.1. The van der Waals surface area contributed by atoms with Crippen molar-refractivity contribution >= 4 is 10.9 Å². The molecule has 0 spiro atoms. The van der Waals surface area contributed by atoms with Gasteiger partial charge in [0.15, 0.2) is 0 Å². The van der Waals surface area contributed by atoms with Crippen molar-refractivity contribution in [2.45, 2.75) is 13.0 Å². The molecule has 0 aliphatic carbocycles. The molecule has 0 amide bonds. The SMILES string of the molecule is c1cc2c(ccn2CC2CCNC2)cc1-c1cn[nH]c1. The quantitative estimate of drug-likeness (QED) is 0.765. The highest BCUT2D eigenvalue weighted by Gasteiger charge is 2.15. The fourth-order valence-electron chi connectivity index (χ4n) is 3.10. The molecule has 3 heterocycles. The Balaban J connectivity index is 1.67. The number of nitrogens with one attached hydrogen (secondary N) is 2. The maximum absolute atomic E-state index is 4.02. The minimum Gasteiger partial charge on any atom is -0.347 e. The van der Waals surface area contributed by atoms with Crippen LogP contribution in [0.4, 0.5) is 0 Å². The van der Waals surface area contributed by atoms with Crippen LogP contribution in [0.2, 0.25) is 0 Å². The van der Waals surface area contributed by atoms with Gasteiger partial charge in [-0.1, -0.05) is 6.07 Å². The van der Waals surface area contributed by atoms with Gasteiger partial charge in [0.25, 0.3) is 0 Å². The highest BCUT2D eigenvalue weighted by Crippen LogP contribution is 2.25. The molecule has 2 aromatic heterocycles. The summed E-state index contributed by atoms with van der Waals surface area (Å²) in [6, 6.07) is 8.85. The van der Waals surface area contributed by atoms with Crippen molar-refractivity contribution < 1.29 is 0 Å². The van der Waals surface area contributed by atoms with Gasteiger partial charge in [0, 0.05) is 35.4 Å². The largest absolute Gasteiger partial charge is 0.347 e. The minimum atomic E-state index is 0.763. The molecule has 4 nitrogen and oxygen atoms in total. The second-order valence-electron chi connectivity index (χ2n) is 5.59. The van der Waals surface area contributed by atoms with Crippen LogP contribution in [0.25, 0.3) is 22.0 Å². The number of nitrogens with zero attached hydrogens (tertiary/aromatic N) is 2. The van der Waals surface area contributed by atoms with E-state index < -0.39 is 0 Å². The van der Waals surface area contributed by atoms with Crippen LogP contribution in [0.1, 0.15) is 6.42 Å². The molecule has 1 fully saturated rings. The Labute approximate surface area is 117 Å². The number of aromatic nitrogens is 3. The van der Waals surface area contributed by atoms with E-state index in [4.69, 9.17) is 0 Å². The zero-order chi connectivity index (χ0) is 13.4. The van der Waals surface area contributed by atoms with Gasteiger partial charge in [0.2, 0.25) is 0 Å². The fourth-order valence-corrected chi connectivity index (χ4v) is 3.10. The van der Waals surface area contributed by atoms with E-state index in [1.54, 1.807) is 0 Å². The van der Waals surface area contributed by atoms with Gasteiger partial charge in [-0.3, -0.25) is 5.10 Å². The lowest BCUT2D eigenvalue weighted by Gasteiger charge is -2.11. The molecule has 3 aromatic rings. The first-order valence-electron chi connectivity index (χ1n) is 7.19. The second kappa shape index (κ2) is 4.80. The van der Waals surface area contributed by atoms with Crippen LogP contribution in [0.3, 0.4) is 0 Å². The second-order valence-corrected chi connectivity index (χ2v) is 5.59. The third-order valence-electron chi connectivity index (χ3n) is 4.22. The molecule has 4 heteroatoms. The summed E-state index contributed by atoms with van der Waals surface area (Å²) < 4.78 is 2.38. The van der Waals surface area contributed by atoms with Gasteiger partial charge in [0.1, 0.15) is 0 Å². The summed E-state index contributed by atoms with van der Waals surface area (Å²) in [6.07, 6.45) is 7.29. The van der Waals surface area contributed by atoms with Crippen molar-refractivity contribution in [3.63, 3.8) is 0 Å². The van der Waals surface area contributed by atoms with Gasteiger partial charge < -0.3 is 9.88 Å². The molecule has 1 unspecified atom stereocenters. The summed E-state index contributed by atoms with van der Waals surface area (Å²) in [4.78, 5) is 0. The zero-order valence-corrected chi connectivity index (χ0v) is 11.3. The van der Waals surface area contributed by atoms with Crippen LogP contribution in [0.15, 0.2) is 42.9 Å². The molecule has 0 bridgehead atoms. The minimum absolute atomic E-state index is 0.763. The Morgan fingerprint density at radius 1 is 1.25 bits per heavy atom. The first-order chi connectivity index (χ1) is 9.90. The van der Waals surface area contributed by atoms with Crippen LogP contribution in [0.5, 0.6) is 0 Å². The molecule has 20 heavy (non-hydrogen) atoms. The van der Waals surface area contributed by atoms with E-state index in [-0.39, 0.29) is 0 Å². The smallest absolute Gasteiger partial charge is 0.0565 e. The Kier molecular flexibility index (Phi) is 2.81. The lowest BCUT2D eigenvalue weighted by molar-refractivity contribution is 0.491. The summed E-state index contributed by atoms with van der Waals surface area (Å²) in [5, 5.41) is 11.6. The summed E-state index contributed by atoms with van der Waals surface area (Å²) >= 11 is 0. The van der Waals surface area contributed by atoms with Gasteiger partial charge in [0.05, 0.1) is 6.20 Å². The monoisotopic (exact) mass is 266 g/mol. The van der Waals surface area contributed by atoms with Crippen LogP contribution < -0.4 is 5.32 Å². The normalized spacial score (nSPS) is 18.9. The number of H-pyrrole nitrogens is 1. The predicted octanol–water partition coefficient (Wildman–Crippen LogP) is 2.64. The van der Waals surface area contributed by atoms with Crippen molar-refractivity contribution in [3.05, 3.63) is 42.9 Å². The molecule has 4 rings (SSSR count). The van der Waals surface area contributed by atoms with E-state index >= 15 is 0 Å². The van der Waals surface area contributed by atoms with Gasteiger partial charge in [-0.05, 0) is 49.2 Å². The number of hydrogen-bond donors (Lipinski definition) is 2. The van der Waals surface area contributed by atoms with Crippen molar-refractivity contribution in [2.75, 3.05) is 13.1 Å². The Bertz CT molecular complexity index is 705. The number of rotatable bonds is 3. The summed E-state index contributed by atoms with van der Waals surface area (Å²) in [7, 11) is 0. The maximum atomic E-state index is 4.02. The van der Waals surface area contributed by atoms with E-state index in [1.807, 2.05) is 12.4 Å². The average molecular weight is 266 g/mol. The summed E-state index contributed by atoms with van der Waals surface area (Å²) in [5.74, 6) is 0.763. The van der Waals surface area contributed by atoms with Gasteiger partial charge in [-0.2, -0.15) is 5.10 Å². The van der Waals surface area contributed by atoms with E-state index in [2.05, 4.69) is 50.5 Å². The standard InChI is InChI=1S/C16H18N4/c1-2-16-14(7-13(1)15-9-18-19-10-15)4-6-20(16)11-12-3-5-17-8-12/h1-2,4,6-7,9-10,12,17H,3,5,8,11H2,(H,18,19). The molecule has 1 atom stereocenters. The maximum Gasteiger partial charge on any atom is 0.0565 e. The number of benzene rings is 1. The van der Waals surface area contributed by atoms with Crippen molar-refractivity contribution in [3.8, 4) is 11.1 Å². The van der Waals surface area contributed by atoms with Crippen LogP contribution >= 0.6 is 0 Å². The molecule has 1 aromatic carbocycles. The highest BCUT2D eigenvalue weighted by atomic mass is 15.1. The fraction of sp³-hybridized carbons (Fsp3) is 0.312. The molecule has 1 aliphatic rings. The van der Waals surface area contributed by atoms with Crippen LogP contribution in [-0.4, -0.2) is 27.9 Å². The van der Waals surface area contributed by atoms with Crippen molar-refractivity contribution in [2.24, 2.45) is 5.92 Å². The van der Waals surface area contributed by atoms with Crippen molar-refractivity contribution in [1.29, 1.82) is 0 Å².